The fourth-order valence-electron chi connectivity index (χ4n) is 2.71. The molecule has 0 aromatic rings. The number of aliphatic hydroxyl groups is 1. The van der Waals surface area contributed by atoms with E-state index in [4.69, 9.17) is 21.7 Å². The van der Waals surface area contributed by atoms with E-state index in [-0.39, 0.29) is 25.2 Å². The highest BCUT2D eigenvalue weighted by Crippen LogP contribution is 2.05. The molecule has 0 rings (SSSR count). The van der Waals surface area contributed by atoms with Crippen LogP contribution in [0.4, 0.5) is 0 Å². The molecular formula is C19H33N5O9. The minimum absolute atomic E-state index is 0.0799. The first-order chi connectivity index (χ1) is 15.3. The number of nitrogens with two attached hydrogens (primary N) is 2. The summed E-state index contributed by atoms with van der Waals surface area (Å²) in [6.07, 6.45) is -1.14. The van der Waals surface area contributed by atoms with Crippen molar-refractivity contribution in [1.82, 2.24) is 16.0 Å². The lowest BCUT2D eigenvalue weighted by Gasteiger charge is -2.24. The molecule has 33 heavy (non-hydrogen) atoms. The summed E-state index contributed by atoms with van der Waals surface area (Å²) in [5.74, 6) is -6.13. The molecule has 14 heteroatoms. The second-order valence-electron chi connectivity index (χ2n) is 7.88. The minimum Gasteiger partial charge on any atom is -0.481 e. The van der Waals surface area contributed by atoms with Crippen LogP contribution in [0.3, 0.4) is 0 Å². The van der Waals surface area contributed by atoms with Crippen LogP contribution in [0.2, 0.25) is 0 Å². The molecule has 14 nitrogen and oxygen atoms in total. The van der Waals surface area contributed by atoms with Gasteiger partial charge in [0.1, 0.15) is 18.1 Å². The van der Waals surface area contributed by atoms with Gasteiger partial charge in [0.25, 0.3) is 0 Å². The average Bonchev–Trinajstić information content (AvgIpc) is 2.70. The van der Waals surface area contributed by atoms with Crippen LogP contribution in [-0.2, 0) is 28.8 Å². The number of primary amides is 1. The quantitative estimate of drug-likeness (QED) is 0.112. The summed E-state index contributed by atoms with van der Waals surface area (Å²) in [6.45, 7) is 2.74. The van der Waals surface area contributed by atoms with Gasteiger partial charge in [-0.2, -0.15) is 0 Å². The van der Waals surface area contributed by atoms with Crippen LogP contribution in [0.25, 0.3) is 0 Å². The smallest absolute Gasteiger partial charge is 0.326 e. The van der Waals surface area contributed by atoms with E-state index in [1.807, 2.05) is 13.8 Å². The third kappa shape index (κ3) is 12.4. The van der Waals surface area contributed by atoms with Crippen molar-refractivity contribution in [2.45, 2.75) is 70.1 Å². The molecule has 0 spiro atoms. The van der Waals surface area contributed by atoms with Crippen molar-refractivity contribution < 1.29 is 44.1 Å². The molecule has 0 radical (unpaired) electrons. The van der Waals surface area contributed by atoms with Crippen molar-refractivity contribution in [2.24, 2.45) is 17.4 Å². The number of carboxylic acids is 2. The van der Waals surface area contributed by atoms with Crippen LogP contribution in [-0.4, -0.2) is 81.7 Å². The number of aliphatic hydroxyl groups excluding tert-OH is 1. The molecule has 0 saturated carbocycles. The number of carbonyl (C=O) groups is 6. The Morgan fingerprint density at radius 3 is 1.73 bits per heavy atom. The first kappa shape index (κ1) is 29.7. The number of amides is 4. The molecule has 0 fully saturated rings. The number of nitrogens with one attached hydrogen (secondary N) is 3. The number of aliphatic carboxylic acids is 2. The van der Waals surface area contributed by atoms with Crippen molar-refractivity contribution >= 4 is 35.6 Å². The van der Waals surface area contributed by atoms with Crippen molar-refractivity contribution in [3.05, 3.63) is 0 Å². The van der Waals surface area contributed by atoms with Crippen LogP contribution in [0.1, 0.15) is 46.0 Å². The molecule has 0 saturated heterocycles. The lowest BCUT2D eigenvalue weighted by molar-refractivity contribution is -0.143. The molecule has 188 valence electrons. The largest absolute Gasteiger partial charge is 0.481 e. The van der Waals surface area contributed by atoms with Gasteiger partial charge in [-0.3, -0.25) is 24.0 Å². The molecule has 0 heterocycles. The van der Waals surface area contributed by atoms with Gasteiger partial charge in [0.05, 0.1) is 12.6 Å². The zero-order valence-corrected chi connectivity index (χ0v) is 18.6. The van der Waals surface area contributed by atoms with Gasteiger partial charge in [-0.15, -0.1) is 0 Å². The number of rotatable bonds is 16. The van der Waals surface area contributed by atoms with Crippen LogP contribution >= 0.6 is 0 Å². The Hall–Kier alpha value is -3.26. The first-order valence-electron chi connectivity index (χ1n) is 10.3. The normalized spacial score (nSPS) is 14.5. The van der Waals surface area contributed by atoms with E-state index < -0.39 is 72.8 Å². The van der Waals surface area contributed by atoms with E-state index in [0.717, 1.165) is 0 Å². The molecule has 10 N–H and O–H groups in total. The van der Waals surface area contributed by atoms with E-state index in [0.29, 0.717) is 6.42 Å². The standard InChI is InChI=1S/C19H33N5O9/c1-9(2)7-10(20)16(29)22-11(4-6-15(27)28)17(30)24-13(8-25)18(31)23-12(19(32)33)3-5-14(21)26/h9-13,25H,3-8,20H2,1-2H3,(H2,21,26)(H,22,29)(H,23,31)(H,24,30)(H,27,28)(H,32,33). The van der Waals surface area contributed by atoms with Crippen molar-refractivity contribution in [3.8, 4) is 0 Å². The lowest BCUT2D eigenvalue weighted by atomic mass is 10.0. The van der Waals surface area contributed by atoms with E-state index in [2.05, 4.69) is 16.0 Å². The molecule has 4 atom stereocenters. The number of hydrogen-bond acceptors (Lipinski definition) is 8. The molecule has 0 aromatic heterocycles. The summed E-state index contributed by atoms with van der Waals surface area (Å²) in [5.41, 5.74) is 10.7. The highest BCUT2D eigenvalue weighted by Gasteiger charge is 2.30. The summed E-state index contributed by atoms with van der Waals surface area (Å²) in [7, 11) is 0. The Labute approximate surface area is 190 Å². The fraction of sp³-hybridized carbons (Fsp3) is 0.684. The van der Waals surface area contributed by atoms with Gasteiger partial charge in [-0.1, -0.05) is 13.8 Å². The van der Waals surface area contributed by atoms with Crippen molar-refractivity contribution in [1.29, 1.82) is 0 Å². The molecule has 0 aromatic carbocycles. The summed E-state index contributed by atoms with van der Waals surface area (Å²) in [4.78, 5) is 70.3. The zero-order valence-electron chi connectivity index (χ0n) is 18.6. The predicted octanol–water partition coefficient (Wildman–Crippen LogP) is -2.98. The molecular weight excluding hydrogens is 442 g/mol. The molecule has 0 aliphatic rings. The first-order valence-corrected chi connectivity index (χ1v) is 10.3. The molecule has 0 aliphatic carbocycles. The van der Waals surface area contributed by atoms with E-state index >= 15 is 0 Å². The molecule has 4 unspecified atom stereocenters. The van der Waals surface area contributed by atoms with Gasteiger partial charge in [-0.05, 0) is 25.2 Å². The van der Waals surface area contributed by atoms with Crippen LogP contribution in [0, 0.1) is 5.92 Å². The summed E-state index contributed by atoms with van der Waals surface area (Å²) in [5, 5.41) is 34.1. The molecule has 4 amide bonds. The van der Waals surface area contributed by atoms with Gasteiger partial charge >= 0.3 is 11.9 Å². The average molecular weight is 475 g/mol. The Morgan fingerprint density at radius 2 is 1.27 bits per heavy atom. The van der Waals surface area contributed by atoms with Crippen LogP contribution in [0.15, 0.2) is 0 Å². The van der Waals surface area contributed by atoms with Gasteiger partial charge in [0, 0.05) is 12.8 Å². The second kappa shape index (κ2) is 14.7. The minimum atomic E-state index is -1.61. The predicted molar refractivity (Wildman–Crippen MR) is 113 cm³/mol. The maximum atomic E-state index is 12.6. The highest BCUT2D eigenvalue weighted by molar-refractivity contribution is 5.94. The maximum Gasteiger partial charge on any atom is 0.326 e. The van der Waals surface area contributed by atoms with E-state index in [1.165, 1.54) is 0 Å². The number of carboxylic acid groups (broad SMARTS) is 2. The van der Waals surface area contributed by atoms with Gasteiger partial charge in [0.2, 0.25) is 23.6 Å². The van der Waals surface area contributed by atoms with E-state index in [9.17, 15) is 33.9 Å². The highest BCUT2D eigenvalue weighted by atomic mass is 16.4. The Kier molecular flexibility index (Phi) is 13.3. The maximum absolute atomic E-state index is 12.6. The molecule has 0 aliphatic heterocycles. The second-order valence-corrected chi connectivity index (χ2v) is 7.88. The number of hydrogen-bond donors (Lipinski definition) is 8. The van der Waals surface area contributed by atoms with Crippen LogP contribution < -0.4 is 27.4 Å². The fourth-order valence-corrected chi connectivity index (χ4v) is 2.71. The Bertz CT molecular complexity index is 728. The van der Waals surface area contributed by atoms with Gasteiger partial charge < -0.3 is 42.7 Å². The van der Waals surface area contributed by atoms with Gasteiger partial charge in [-0.25, -0.2) is 4.79 Å². The zero-order chi connectivity index (χ0) is 25.7. The third-order valence-corrected chi connectivity index (χ3v) is 4.45. The topological polar surface area (TPSA) is 251 Å². The summed E-state index contributed by atoms with van der Waals surface area (Å²) < 4.78 is 0. The lowest BCUT2D eigenvalue weighted by Crippen LogP contribution is -2.58. The third-order valence-electron chi connectivity index (χ3n) is 4.45. The monoisotopic (exact) mass is 475 g/mol. The van der Waals surface area contributed by atoms with Crippen LogP contribution in [0.5, 0.6) is 0 Å². The van der Waals surface area contributed by atoms with Crippen molar-refractivity contribution in [3.63, 3.8) is 0 Å². The summed E-state index contributed by atoms with van der Waals surface area (Å²) >= 11 is 0. The summed E-state index contributed by atoms with van der Waals surface area (Å²) in [6, 6.07) is -5.45. The SMILES string of the molecule is CC(C)CC(N)C(=O)NC(CCC(=O)O)C(=O)NC(CO)C(=O)NC(CCC(N)=O)C(=O)O. The van der Waals surface area contributed by atoms with Gasteiger partial charge in [0.15, 0.2) is 0 Å². The Morgan fingerprint density at radius 1 is 0.788 bits per heavy atom. The van der Waals surface area contributed by atoms with Crippen molar-refractivity contribution in [2.75, 3.05) is 6.61 Å². The number of carbonyl (C=O) groups excluding carboxylic acids is 4. The Balaban J connectivity index is 5.30. The van der Waals surface area contributed by atoms with E-state index in [1.54, 1.807) is 0 Å². The molecule has 0 bridgehead atoms.